The van der Waals surface area contributed by atoms with Crippen molar-refractivity contribution in [2.75, 3.05) is 27.2 Å². The Hall–Kier alpha value is -1.06. The molecule has 0 bridgehead atoms. The number of ether oxygens (including phenoxy) is 1. The molecule has 1 rings (SSSR count). The van der Waals surface area contributed by atoms with E-state index in [1.165, 1.54) is 12.0 Å². The molecule has 2 N–H and O–H groups in total. The molecule has 1 aromatic rings. The fraction of sp³-hybridized carbons (Fsp3) is 0.600. The predicted molar refractivity (Wildman–Crippen MR) is 77.1 cm³/mol. The summed E-state index contributed by atoms with van der Waals surface area (Å²) in [5.41, 5.74) is 7.02. The largest absolute Gasteiger partial charge is 0.496 e. The van der Waals surface area contributed by atoms with Crippen LogP contribution < -0.4 is 10.5 Å². The molecule has 1 unspecified atom stereocenters. The van der Waals surface area contributed by atoms with Crippen LogP contribution >= 0.6 is 0 Å². The van der Waals surface area contributed by atoms with E-state index in [0.29, 0.717) is 6.04 Å². The second kappa shape index (κ2) is 8.11. The molecule has 0 fully saturated rings. The Balaban J connectivity index is 2.31. The van der Waals surface area contributed by atoms with E-state index in [2.05, 4.69) is 31.0 Å². The quantitative estimate of drug-likeness (QED) is 0.769. The van der Waals surface area contributed by atoms with Gasteiger partial charge in [-0.3, -0.25) is 0 Å². The first kappa shape index (κ1) is 15.0. The number of rotatable bonds is 8. The topological polar surface area (TPSA) is 38.5 Å². The maximum absolute atomic E-state index is 5.75. The number of likely N-dealkylation sites (N-methyl/N-ethyl adjacent to an activating group) is 1. The van der Waals surface area contributed by atoms with Crippen molar-refractivity contribution in [3.63, 3.8) is 0 Å². The van der Waals surface area contributed by atoms with Gasteiger partial charge in [0.05, 0.1) is 7.11 Å². The summed E-state index contributed by atoms with van der Waals surface area (Å²) in [6.07, 6.45) is 3.29. The van der Waals surface area contributed by atoms with Gasteiger partial charge in [0.25, 0.3) is 0 Å². The van der Waals surface area contributed by atoms with Gasteiger partial charge in [-0.1, -0.05) is 18.2 Å². The lowest BCUT2D eigenvalue weighted by Gasteiger charge is -2.18. The smallest absolute Gasteiger partial charge is 0.122 e. The zero-order chi connectivity index (χ0) is 13.4. The number of nitrogens with two attached hydrogens (primary N) is 1. The van der Waals surface area contributed by atoms with Crippen LogP contribution in [-0.4, -0.2) is 38.2 Å². The zero-order valence-electron chi connectivity index (χ0n) is 11.9. The van der Waals surface area contributed by atoms with Crippen molar-refractivity contribution in [1.29, 1.82) is 0 Å². The molecule has 0 aromatic heterocycles. The van der Waals surface area contributed by atoms with Crippen LogP contribution in [0.15, 0.2) is 24.3 Å². The third-order valence-electron chi connectivity index (χ3n) is 3.15. The number of hydrogen-bond acceptors (Lipinski definition) is 3. The molecular weight excluding hydrogens is 224 g/mol. The Labute approximate surface area is 111 Å². The highest BCUT2D eigenvalue weighted by Crippen LogP contribution is 2.17. The van der Waals surface area contributed by atoms with E-state index in [0.717, 1.165) is 31.7 Å². The number of methoxy groups -OCH3 is 1. The van der Waals surface area contributed by atoms with Crippen LogP contribution in [0.2, 0.25) is 0 Å². The molecular formula is C15H26N2O. The van der Waals surface area contributed by atoms with E-state index in [4.69, 9.17) is 10.5 Å². The monoisotopic (exact) mass is 250 g/mol. The normalized spacial score (nSPS) is 12.7. The first-order valence-corrected chi connectivity index (χ1v) is 6.69. The molecule has 0 aliphatic heterocycles. The molecule has 0 spiro atoms. The van der Waals surface area contributed by atoms with Gasteiger partial charge in [-0.15, -0.1) is 0 Å². The molecule has 18 heavy (non-hydrogen) atoms. The van der Waals surface area contributed by atoms with Crippen molar-refractivity contribution in [3.8, 4) is 5.75 Å². The molecule has 1 atom stereocenters. The number of benzene rings is 1. The van der Waals surface area contributed by atoms with Gasteiger partial charge in [0.15, 0.2) is 0 Å². The minimum atomic E-state index is 0.313. The molecule has 3 heteroatoms. The third-order valence-corrected chi connectivity index (χ3v) is 3.15. The Morgan fingerprint density at radius 3 is 2.67 bits per heavy atom. The van der Waals surface area contributed by atoms with Crippen LogP contribution in [0.1, 0.15) is 25.3 Å². The number of hydrogen-bond donors (Lipinski definition) is 1. The van der Waals surface area contributed by atoms with Crippen molar-refractivity contribution >= 4 is 0 Å². The average Bonchev–Trinajstić information content (AvgIpc) is 2.36. The summed E-state index contributed by atoms with van der Waals surface area (Å²) in [6.45, 7) is 4.23. The second-order valence-corrected chi connectivity index (χ2v) is 4.98. The van der Waals surface area contributed by atoms with Crippen molar-refractivity contribution in [2.45, 2.75) is 32.2 Å². The highest BCUT2D eigenvalue weighted by Gasteiger charge is 2.04. The minimum Gasteiger partial charge on any atom is -0.496 e. The van der Waals surface area contributed by atoms with E-state index in [-0.39, 0.29) is 0 Å². The molecule has 0 radical (unpaired) electrons. The van der Waals surface area contributed by atoms with Gasteiger partial charge in [-0.2, -0.15) is 0 Å². The van der Waals surface area contributed by atoms with Crippen molar-refractivity contribution < 1.29 is 4.74 Å². The van der Waals surface area contributed by atoms with Crippen molar-refractivity contribution in [3.05, 3.63) is 29.8 Å². The molecule has 0 amide bonds. The summed E-state index contributed by atoms with van der Waals surface area (Å²) < 4.78 is 5.36. The van der Waals surface area contributed by atoms with Crippen LogP contribution in [0.5, 0.6) is 5.75 Å². The fourth-order valence-electron chi connectivity index (χ4n) is 2.02. The Kier molecular flexibility index (Phi) is 6.76. The van der Waals surface area contributed by atoms with E-state index in [9.17, 15) is 0 Å². The molecule has 1 aromatic carbocycles. The molecule has 0 saturated carbocycles. The lowest BCUT2D eigenvalue weighted by Crippen LogP contribution is -2.24. The highest BCUT2D eigenvalue weighted by atomic mass is 16.5. The highest BCUT2D eigenvalue weighted by molar-refractivity contribution is 5.33. The van der Waals surface area contributed by atoms with Gasteiger partial charge < -0.3 is 15.4 Å². The predicted octanol–water partition coefficient (Wildman–Crippen LogP) is 2.30. The maximum atomic E-state index is 5.75. The van der Waals surface area contributed by atoms with Gasteiger partial charge in [0.1, 0.15) is 5.75 Å². The van der Waals surface area contributed by atoms with E-state index >= 15 is 0 Å². The molecule has 0 aliphatic carbocycles. The fourth-order valence-corrected chi connectivity index (χ4v) is 2.02. The van der Waals surface area contributed by atoms with Crippen molar-refractivity contribution in [2.24, 2.45) is 5.73 Å². The minimum absolute atomic E-state index is 0.313. The Morgan fingerprint density at radius 2 is 2.00 bits per heavy atom. The van der Waals surface area contributed by atoms with Gasteiger partial charge in [-0.05, 0) is 51.4 Å². The van der Waals surface area contributed by atoms with Gasteiger partial charge in [0.2, 0.25) is 0 Å². The molecule has 102 valence electrons. The summed E-state index contributed by atoms with van der Waals surface area (Å²) in [6, 6.07) is 8.54. The molecule has 0 heterocycles. The number of nitrogens with zero attached hydrogens (tertiary/aromatic N) is 1. The van der Waals surface area contributed by atoms with Gasteiger partial charge in [-0.25, -0.2) is 0 Å². The lowest BCUT2D eigenvalue weighted by atomic mass is 10.1. The average molecular weight is 250 g/mol. The summed E-state index contributed by atoms with van der Waals surface area (Å²) >= 11 is 0. The summed E-state index contributed by atoms with van der Waals surface area (Å²) in [5, 5.41) is 0. The Bertz CT molecular complexity index is 339. The summed E-state index contributed by atoms with van der Waals surface area (Å²) in [7, 11) is 3.89. The number of para-hydroxylation sites is 1. The second-order valence-electron chi connectivity index (χ2n) is 4.98. The lowest BCUT2D eigenvalue weighted by molar-refractivity contribution is 0.323. The van der Waals surface area contributed by atoms with E-state index in [1.54, 1.807) is 7.11 Å². The van der Waals surface area contributed by atoms with E-state index < -0.39 is 0 Å². The van der Waals surface area contributed by atoms with Crippen LogP contribution in [0.3, 0.4) is 0 Å². The first-order valence-electron chi connectivity index (χ1n) is 6.69. The van der Waals surface area contributed by atoms with Crippen LogP contribution in [0, 0.1) is 0 Å². The van der Waals surface area contributed by atoms with Crippen molar-refractivity contribution in [1.82, 2.24) is 4.90 Å². The molecule has 0 aliphatic rings. The standard InChI is InChI=1S/C15H26N2O/c1-13(16)7-6-11-17(2)12-10-14-8-4-5-9-15(14)18-3/h4-5,8-9,13H,6-7,10-12,16H2,1-3H3. The van der Waals surface area contributed by atoms with Crippen LogP contribution in [0.25, 0.3) is 0 Å². The maximum Gasteiger partial charge on any atom is 0.122 e. The summed E-state index contributed by atoms with van der Waals surface area (Å²) in [4.78, 5) is 2.36. The van der Waals surface area contributed by atoms with Gasteiger partial charge in [0, 0.05) is 12.6 Å². The molecule has 3 nitrogen and oxygen atoms in total. The van der Waals surface area contributed by atoms with Crippen LogP contribution in [0.4, 0.5) is 0 Å². The SMILES string of the molecule is COc1ccccc1CCN(C)CCCC(C)N. The summed E-state index contributed by atoms with van der Waals surface area (Å²) in [5.74, 6) is 0.987. The third kappa shape index (κ3) is 5.52. The first-order chi connectivity index (χ1) is 8.63. The molecule has 0 saturated heterocycles. The van der Waals surface area contributed by atoms with Crippen LogP contribution in [-0.2, 0) is 6.42 Å². The van der Waals surface area contributed by atoms with Gasteiger partial charge >= 0.3 is 0 Å². The Morgan fingerprint density at radius 1 is 1.28 bits per heavy atom. The van der Waals surface area contributed by atoms with E-state index in [1.807, 2.05) is 12.1 Å². The zero-order valence-corrected chi connectivity index (χ0v) is 11.9.